The summed E-state index contributed by atoms with van der Waals surface area (Å²) in [5.41, 5.74) is 1.24. The van der Waals surface area contributed by atoms with Crippen LogP contribution in [0.1, 0.15) is 5.56 Å². The quantitative estimate of drug-likeness (QED) is 0.781. The summed E-state index contributed by atoms with van der Waals surface area (Å²) in [5.74, 6) is 0.301. The first-order chi connectivity index (χ1) is 9.06. The van der Waals surface area contributed by atoms with Crippen LogP contribution >= 0.6 is 0 Å². The number of methoxy groups -OCH3 is 2. The Labute approximate surface area is 110 Å². The maximum absolute atomic E-state index is 11.9. The Kier molecular flexibility index (Phi) is 3.55. The summed E-state index contributed by atoms with van der Waals surface area (Å²) in [6.07, 6.45) is 0.0657. The van der Waals surface area contributed by atoms with Crippen LogP contribution in [0.5, 0.6) is 5.75 Å². The molecule has 1 aromatic heterocycles. The first-order valence-corrected chi connectivity index (χ1v) is 5.80. The van der Waals surface area contributed by atoms with Crippen LogP contribution < -0.4 is 10.3 Å². The maximum atomic E-state index is 11.9. The van der Waals surface area contributed by atoms with Gasteiger partial charge in [-0.1, -0.05) is 0 Å². The molecule has 0 saturated heterocycles. The van der Waals surface area contributed by atoms with E-state index in [4.69, 9.17) is 4.74 Å². The second kappa shape index (κ2) is 5.14. The molecule has 19 heavy (non-hydrogen) atoms. The summed E-state index contributed by atoms with van der Waals surface area (Å²) in [5, 5.41) is 0.812. The Morgan fingerprint density at radius 2 is 2.00 bits per heavy atom. The molecule has 0 fully saturated rings. The Bertz CT molecular complexity index is 688. The molecule has 0 aliphatic carbocycles. The lowest BCUT2D eigenvalue weighted by Gasteiger charge is -2.11. The van der Waals surface area contributed by atoms with Gasteiger partial charge in [-0.25, -0.2) is 0 Å². The molecule has 0 aliphatic heterocycles. The van der Waals surface area contributed by atoms with E-state index in [1.165, 1.54) is 17.7 Å². The number of aryl methyl sites for hydroxylation is 1. The van der Waals surface area contributed by atoms with Crippen molar-refractivity contribution in [3.05, 3.63) is 40.2 Å². The van der Waals surface area contributed by atoms with Crippen LogP contribution in [0, 0.1) is 0 Å². The number of carbonyl (C=O) groups is 1. The van der Waals surface area contributed by atoms with Crippen LogP contribution in [0.3, 0.4) is 0 Å². The first-order valence-electron chi connectivity index (χ1n) is 5.80. The molecule has 5 nitrogen and oxygen atoms in total. The van der Waals surface area contributed by atoms with Crippen LogP contribution in [0.15, 0.2) is 29.1 Å². The Balaban J connectivity index is 2.70. The standard InChI is InChI=1S/C14H15NO4/c1-15-12-5-4-10(18-2)8-11(12)9(6-13(15)16)7-14(17)19-3/h4-6,8H,7H2,1-3H3. The molecule has 0 bridgehead atoms. The second-order valence-corrected chi connectivity index (χ2v) is 4.20. The number of benzene rings is 1. The van der Waals surface area contributed by atoms with Gasteiger partial charge in [0.2, 0.25) is 0 Å². The van der Waals surface area contributed by atoms with Gasteiger partial charge in [0.1, 0.15) is 5.75 Å². The molecule has 0 amide bonds. The van der Waals surface area contributed by atoms with Gasteiger partial charge in [-0.05, 0) is 23.8 Å². The van der Waals surface area contributed by atoms with Gasteiger partial charge in [0, 0.05) is 18.5 Å². The van der Waals surface area contributed by atoms with Gasteiger partial charge < -0.3 is 14.0 Å². The fraction of sp³-hybridized carbons (Fsp3) is 0.286. The molecular formula is C14H15NO4. The summed E-state index contributed by atoms with van der Waals surface area (Å²) in [6.45, 7) is 0. The molecule has 0 radical (unpaired) electrons. The summed E-state index contributed by atoms with van der Waals surface area (Å²) >= 11 is 0. The van der Waals surface area contributed by atoms with Crippen LogP contribution in [-0.2, 0) is 23.0 Å². The second-order valence-electron chi connectivity index (χ2n) is 4.20. The van der Waals surface area contributed by atoms with E-state index in [9.17, 15) is 9.59 Å². The number of esters is 1. The molecule has 0 unspecified atom stereocenters. The number of hydrogen-bond acceptors (Lipinski definition) is 4. The first kappa shape index (κ1) is 13.1. The number of hydrogen-bond donors (Lipinski definition) is 0. The molecule has 0 saturated carbocycles. The number of nitrogens with zero attached hydrogens (tertiary/aromatic N) is 1. The molecule has 2 aromatic rings. The number of rotatable bonds is 3. The molecule has 1 aromatic carbocycles. The van der Waals surface area contributed by atoms with Crippen molar-refractivity contribution in [1.82, 2.24) is 4.57 Å². The zero-order chi connectivity index (χ0) is 14.0. The monoisotopic (exact) mass is 261 g/mol. The molecule has 0 spiro atoms. The highest BCUT2D eigenvalue weighted by Crippen LogP contribution is 2.23. The molecule has 0 aliphatic rings. The molecule has 1 heterocycles. The Morgan fingerprint density at radius 3 is 2.63 bits per heavy atom. The van der Waals surface area contributed by atoms with Crippen LogP contribution in [0.4, 0.5) is 0 Å². The highest BCUT2D eigenvalue weighted by molar-refractivity contribution is 5.87. The number of ether oxygens (including phenoxy) is 2. The van der Waals surface area contributed by atoms with Crippen molar-refractivity contribution >= 4 is 16.9 Å². The number of pyridine rings is 1. The average Bonchev–Trinajstić information content (AvgIpc) is 2.43. The molecule has 0 atom stereocenters. The lowest BCUT2D eigenvalue weighted by atomic mass is 10.1. The number of aromatic nitrogens is 1. The lowest BCUT2D eigenvalue weighted by Crippen LogP contribution is -2.18. The van der Waals surface area contributed by atoms with Gasteiger partial charge in [-0.2, -0.15) is 0 Å². The lowest BCUT2D eigenvalue weighted by molar-refractivity contribution is -0.139. The van der Waals surface area contributed by atoms with Crippen molar-refractivity contribution in [2.24, 2.45) is 7.05 Å². The van der Waals surface area contributed by atoms with E-state index in [1.54, 1.807) is 26.3 Å². The van der Waals surface area contributed by atoms with Crippen LogP contribution in [0.2, 0.25) is 0 Å². The van der Waals surface area contributed by atoms with Gasteiger partial charge in [-0.15, -0.1) is 0 Å². The minimum Gasteiger partial charge on any atom is -0.497 e. The van der Waals surface area contributed by atoms with Gasteiger partial charge in [0.05, 0.1) is 26.2 Å². The molecule has 100 valence electrons. The van der Waals surface area contributed by atoms with E-state index in [2.05, 4.69) is 4.74 Å². The SMILES string of the molecule is COC(=O)Cc1cc(=O)n(C)c2ccc(OC)cc12. The van der Waals surface area contributed by atoms with Crippen molar-refractivity contribution < 1.29 is 14.3 Å². The van der Waals surface area contributed by atoms with Gasteiger partial charge in [-0.3, -0.25) is 9.59 Å². The molecular weight excluding hydrogens is 246 g/mol. The zero-order valence-corrected chi connectivity index (χ0v) is 11.1. The normalized spacial score (nSPS) is 10.5. The van der Waals surface area contributed by atoms with E-state index in [1.807, 2.05) is 6.07 Å². The minimum absolute atomic E-state index is 0.0657. The maximum Gasteiger partial charge on any atom is 0.310 e. The van der Waals surface area contributed by atoms with Crippen molar-refractivity contribution in [2.45, 2.75) is 6.42 Å². The summed E-state index contributed by atoms with van der Waals surface area (Å²) in [6, 6.07) is 6.85. The van der Waals surface area contributed by atoms with Gasteiger partial charge in [0.25, 0.3) is 5.56 Å². The fourth-order valence-corrected chi connectivity index (χ4v) is 2.01. The zero-order valence-electron chi connectivity index (χ0n) is 11.1. The predicted octanol–water partition coefficient (Wildman–Crippen LogP) is 1.26. The number of carbonyl (C=O) groups excluding carboxylic acids is 1. The Hall–Kier alpha value is -2.30. The van der Waals surface area contributed by atoms with E-state index in [0.29, 0.717) is 11.3 Å². The Morgan fingerprint density at radius 1 is 1.26 bits per heavy atom. The smallest absolute Gasteiger partial charge is 0.310 e. The molecule has 5 heteroatoms. The third-order valence-corrected chi connectivity index (χ3v) is 3.10. The third-order valence-electron chi connectivity index (χ3n) is 3.10. The summed E-state index contributed by atoms with van der Waals surface area (Å²) in [7, 11) is 4.59. The summed E-state index contributed by atoms with van der Waals surface area (Å²) in [4.78, 5) is 23.3. The van der Waals surface area contributed by atoms with E-state index < -0.39 is 0 Å². The van der Waals surface area contributed by atoms with Crippen LogP contribution in [0.25, 0.3) is 10.9 Å². The van der Waals surface area contributed by atoms with Crippen molar-refractivity contribution in [3.8, 4) is 5.75 Å². The average molecular weight is 261 g/mol. The van der Waals surface area contributed by atoms with E-state index >= 15 is 0 Å². The third kappa shape index (κ3) is 2.45. The van der Waals surface area contributed by atoms with Crippen molar-refractivity contribution in [1.29, 1.82) is 0 Å². The highest BCUT2D eigenvalue weighted by atomic mass is 16.5. The molecule has 2 rings (SSSR count). The van der Waals surface area contributed by atoms with Gasteiger partial charge >= 0.3 is 5.97 Å². The van der Waals surface area contributed by atoms with E-state index in [-0.39, 0.29) is 17.9 Å². The number of fused-ring (bicyclic) bond motifs is 1. The van der Waals surface area contributed by atoms with Crippen molar-refractivity contribution in [3.63, 3.8) is 0 Å². The fourth-order valence-electron chi connectivity index (χ4n) is 2.01. The van der Waals surface area contributed by atoms with Crippen molar-refractivity contribution in [2.75, 3.05) is 14.2 Å². The van der Waals surface area contributed by atoms with E-state index in [0.717, 1.165) is 10.9 Å². The highest BCUT2D eigenvalue weighted by Gasteiger charge is 2.11. The largest absolute Gasteiger partial charge is 0.497 e. The van der Waals surface area contributed by atoms with Crippen LogP contribution in [-0.4, -0.2) is 24.8 Å². The van der Waals surface area contributed by atoms with Gasteiger partial charge in [0.15, 0.2) is 0 Å². The minimum atomic E-state index is -0.377. The predicted molar refractivity (Wildman–Crippen MR) is 71.5 cm³/mol. The summed E-state index contributed by atoms with van der Waals surface area (Å²) < 4.78 is 11.4. The molecule has 0 N–H and O–H groups in total. The topological polar surface area (TPSA) is 57.5 Å².